The van der Waals surface area contributed by atoms with E-state index in [-0.39, 0.29) is 11.8 Å². The van der Waals surface area contributed by atoms with Crippen LogP contribution in [0.4, 0.5) is 0 Å². The Hall–Kier alpha value is -1.85. The van der Waals surface area contributed by atoms with Gasteiger partial charge in [-0.25, -0.2) is 14.6 Å². The molecule has 3 rings (SSSR count). The highest BCUT2D eigenvalue weighted by atomic mass is 16.4. The predicted molar refractivity (Wildman–Crippen MR) is 54.0 cm³/mol. The Morgan fingerprint density at radius 3 is 2.24 bits per heavy atom. The van der Waals surface area contributed by atoms with Crippen LogP contribution in [0.25, 0.3) is 0 Å². The summed E-state index contributed by atoms with van der Waals surface area (Å²) in [5.41, 5.74) is -0.493. The first-order valence-corrected chi connectivity index (χ1v) is 5.53. The molecule has 6 heteroatoms. The van der Waals surface area contributed by atoms with Gasteiger partial charge in [0.1, 0.15) is 0 Å². The molecule has 0 bridgehead atoms. The van der Waals surface area contributed by atoms with Gasteiger partial charge in [-0.15, -0.1) is 0 Å². The third-order valence-electron chi connectivity index (χ3n) is 3.63. The highest BCUT2D eigenvalue weighted by Gasteiger charge is 2.48. The van der Waals surface area contributed by atoms with Gasteiger partial charge in [-0.1, -0.05) is 0 Å². The molecule has 1 aromatic rings. The van der Waals surface area contributed by atoms with Crippen molar-refractivity contribution in [3.8, 4) is 0 Å². The number of oxazole rings is 1. The highest BCUT2D eigenvalue weighted by Crippen LogP contribution is 2.57. The molecule has 2 aliphatic carbocycles. The standard InChI is InChI=1S/C11H11NO5/c13-10(14)7-8(11(15)16)17-9(12-7)6-2-4-1-5(4)3-6/h4-6H,1-3H2,(H,13,14)(H,15,16). The van der Waals surface area contributed by atoms with E-state index in [9.17, 15) is 9.59 Å². The molecule has 90 valence electrons. The third kappa shape index (κ3) is 1.60. The average Bonchev–Trinajstić information content (AvgIpc) is 2.76. The van der Waals surface area contributed by atoms with Crippen molar-refractivity contribution >= 4 is 11.9 Å². The molecule has 2 aliphatic rings. The van der Waals surface area contributed by atoms with Crippen molar-refractivity contribution in [1.82, 2.24) is 4.98 Å². The van der Waals surface area contributed by atoms with Crippen LogP contribution < -0.4 is 0 Å². The molecule has 6 nitrogen and oxygen atoms in total. The molecule has 2 N–H and O–H groups in total. The van der Waals surface area contributed by atoms with E-state index in [1.807, 2.05) is 0 Å². The summed E-state index contributed by atoms with van der Waals surface area (Å²) < 4.78 is 5.10. The van der Waals surface area contributed by atoms with Gasteiger partial charge in [0.05, 0.1) is 0 Å². The van der Waals surface area contributed by atoms with Crippen molar-refractivity contribution in [3.63, 3.8) is 0 Å². The minimum atomic E-state index is -1.38. The van der Waals surface area contributed by atoms with Gasteiger partial charge >= 0.3 is 11.9 Å². The Bertz CT molecular complexity index is 464. The van der Waals surface area contributed by atoms with Gasteiger partial charge in [-0.3, -0.25) is 0 Å². The normalized spacial score (nSPS) is 30.0. The van der Waals surface area contributed by atoms with Gasteiger partial charge in [0.15, 0.2) is 5.89 Å². The summed E-state index contributed by atoms with van der Waals surface area (Å²) >= 11 is 0. The Balaban J connectivity index is 1.92. The number of fused-ring (bicyclic) bond motifs is 1. The molecule has 0 radical (unpaired) electrons. The fourth-order valence-electron chi connectivity index (χ4n) is 2.72. The van der Waals surface area contributed by atoms with Crippen molar-refractivity contribution < 1.29 is 24.2 Å². The lowest BCUT2D eigenvalue weighted by Crippen LogP contribution is -2.06. The molecule has 2 fully saturated rings. The van der Waals surface area contributed by atoms with Crippen LogP contribution in [0.15, 0.2) is 4.42 Å². The lowest BCUT2D eigenvalue weighted by atomic mass is 10.0. The lowest BCUT2D eigenvalue weighted by molar-refractivity contribution is 0.0622. The molecule has 17 heavy (non-hydrogen) atoms. The summed E-state index contributed by atoms with van der Waals surface area (Å²) in [4.78, 5) is 25.5. The topological polar surface area (TPSA) is 101 Å². The van der Waals surface area contributed by atoms with E-state index < -0.39 is 23.4 Å². The fourth-order valence-corrected chi connectivity index (χ4v) is 2.72. The van der Waals surface area contributed by atoms with Crippen molar-refractivity contribution in [3.05, 3.63) is 17.3 Å². The SMILES string of the molecule is O=C(O)c1nc(C2CC3CC3C2)oc1C(=O)O. The van der Waals surface area contributed by atoms with Gasteiger partial charge in [0, 0.05) is 5.92 Å². The first-order valence-electron chi connectivity index (χ1n) is 5.53. The highest BCUT2D eigenvalue weighted by molar-refractivity contribution is 5.98. The van der Waals surface area contributed by atoms with Crippen LogP contribution in [0, 0.1) is 11.8 Å². The number of aromatic nitrogens is 1. The van der Waals surface area contributed by atoms with Gasteiger partial charge < -0.3 is 14.6 Å². The number of carboxylic acid groups (broad SMARTS) is 2. The fraction of sp³-hybridized carbons (Fsp3) is 0.545. The molecule has 2 unspecified atom stereocenters. The smallest absolute Gasteiger partial charge is 0.374 e. The predicted octanol–water partition coefficient (Wildman–Crippen LogP) is 1.58. The van der Waals surface area contributed by atoms with Gasteiger partial charge in [0.25, 0.3) is 0 Å². The summed E-state index contributed by atoms with van der Waals surface area (Å²) in [7, 11) is 0. The zero-order chi connectivity index (χ0) is 12.2. The summed E-state index contributed by atoms with van der Waals surface area (Å²) in [6, 6.07) is 0. The molecule has 1 aromatic heterocycles. The largest absolute Gasteiger partial charge is 0.476 e. The maximum Gasteiger partial charge on any atom is 0.374 e. The van der Waals surface area contributed by atoms with Crippen LogP contribution in [0.2, 0.25) is 0 Å². The third-order valence-corrected chi connectivity index (χ3v) is 3.63. The molecule has 2 atom stereocenters. The summed E-state index contributed by atoms with van der Waals surface area (Å²) in [5, 5.41) is 17.7. The van der Waals surface area contributed by atoms with Crippen LogP contribution in [0.5, 0.6) is 0 Å². The molecule has 0 spiro atoms. The average molecular weight is 237 g/mol. The van der Waals surface area contributed by atoms with Crippen molar-refractivity contribution in [1.29, 1.82) is 0 Å². The number of rotatable bonds is 3. The zero-order valence-electron chi connectivity index (χ0n) is 8.92. The van der Waals surface area contributed by atoms with Crippen molar-refractivity contribution in [2.75, 3.05) is 0 Å². The van der Waals surface area contributed by atoms with E-state index >= 15 is 0 Å². The van der Waals surface area contributed by atoms with Crippen molar-refractivity contribution in [2.45, 2.75) is 25.2 Å². The first kappa shape index (κ1) is 10.3. The molecular weight excluding hydrogens is 226 g/mol. The molecule has 0 aliphatic heterocycles. The minimum Gasteiger partial charge on any atom is -0.476 e. The van der Waals surface area contributed by atoms with E-state index in [4.69, 9.17) is 14.6 Å². The maximum absolute atomic E-state index is 10.8. The van der Waals surface area contributed by atoms with Crippen LogP contribution in [0.3, 0.4) is 0 Å². The Morgan fingerprint density at radius 1 is 1.12 bits per heavy atom. The number of nitrogens with zero attached hydrogens (tertiary/aromatic N) is 1. The first-order chi connectivity index (χ1) is 8.06. The summed E-state index contributed by atoms with van der Waals surface area (Å²) in [6.07, 6.45) is 3.10. The van der Waals surface area contributed by atoms with E-state index in [0.717, 1.165) is 12.8 Å². The number of hydrogen-bond acceptors (Lipinski definition) is 4. The molecule has 0 amide bonds. The molecule has 0 saturated heterocycles. The second-order valence-corrected chi connectivity index (χ2v) is 4.76. The monoisotopic (exact) mass is 237 g/mol. The lowest BCUT2D eigenvalue weighted by Gasteiger charge is -2.05. The molecule has 2 saturated carbocycles. The van der Waals surface area contributed by atoms with Gasteiger partial charge in [-0.05, 0) is 31.1 Å². The van der Waals surface area contributed by atoms with Gasteiger partial charge in [0.2, 0.25) is 11.5 Å². The Labute approximate surface area is 96.3 Å². The Kier molecular flexibility index (Phi) is 2.01. The van der Waals surface area contributed by atoms with E-state index in [1.54, 1.807) is 0 Å². The second kappa shape index (κ2) is 3.32. The van der Waals surface area contributed by atoms with E-state index in [1.165, 1.54) is 6.42 Å². The quantitative estimate of drug-likeness (QED) is 0.827. The summed E-state index contributed by atoms with van der Waals surface area (Å²) in [6.45, 7) is 0. The van der Waals surface area contributed by atoms with E-state index in [0.29, 0.717) is 11.8 Å². The van der Waals surface area contributed by atoms with E-state index in [2.05, 4.69) is 4.98 Å². The zero-order valence-corrected chi connectivity index (χ0v) is 8.92. The Morgan fingerprint density at radius 2 is 1.76 bits per heavy atom. The molecule has 1 heterocycles. The number of aromatic carboxylic acids is 2. The van der Waals surface area contributed by atoms with Crippen LogP contribution in [0.1, 0.15) is 52.1 Å². The maximum atomic E-state index is 10.8. The van der Waals surface area contributed by atoms with Crippen LogP contribution in [-0.2, 0) is 0 Å². The number of hydrogen-bond donors (Lipinski definition) is 2. The van der Waals surface area contributed by atoms with Gasteiger partial charge in [-0.2, -0.15) is 0 Å². The van der Waals surface area contributed by atoms with Crippen molar-refractivity contribution in [2.24, 2.45) is 11.8 Å². The number of carboxylic acids is 2. The molecule has 0 aromatic carbocycles. The van der Waals surface area contributed by atoms with Crippen LogP contribution in [-0.4, -0.2) is 27.1 Å². The number of carbonyl (C=O) groups is 2. The summed E-state index contributed by atoms with van der Waals surface area (Å²) in [5.74, 6) is -1.54. The second-order valence-electron chi connectivity index (χ2n) is 4.76. The van der Waals surface area contributed by atoms with Crippen LogP contribution >= 0.6 is 0 Å². The minimum absolute atomic E-state index is 0.0879. The molecular formula is C11H11NO5.